The lowest BCUT2D eigenvalue weighted by Gasteiger charge is -2.20. The van der Waals surface area contributed by atoms with Crippen LogP contribution >= 0.6 is 12.6 Å². The van der Waals surface area contributed by atoms with Gasteiger partial charge in [0.1, 0.15) is 0 Å². The highest BCUT2D eigenvalue weighted by atomic mass is 32.1. The summed E-state index contributed by atoms with van der Waals surface area (Å²) in [5, 5.41) is 9.84. The number of ether oxygens (including phenoxy) is 1. The Kier molecular flexibility index (Phi) is 11.0. The van der Waals surface area contributed by atoms with E-state index in [0.29, 0.717) is 12.4 Å². The van der Waals surface area contributed by atoms with Crippen LogP contribution in [0.3, 0.4) is 0 Å². The lowest BCUT2D eigenvalue weighted by atomic mass is 10.1. The number of rotatable bonds is 3. The molecular weight excluding hydrogens is 282 g/mol. The number of likely N-dealkylation sites (tertiary alicyclic amines) is 1. The third-order valence-electron chi connectivity index (χ3n) is 4.45. The number of thiol groups is 1. The average molecular weight is 316 g/mol. The van der Waals surface area contributed by atoms with Gasteiger partial charge >= 0.3 is 0 Å². The summed E-state index contributed by atoms with van der Waals surface area (Å²) in [7, 11) is 2.19. The largest absolute Gasteiger partial charge is 0.483 e. The molecule has 4 nitrogen and oxygen atoms in total. The van der Waals surface area contributed by atoms with Crippen LogP contribution in [0.1, 0.15) is 44.9 Å². The Balaban J connectivity index is 0.000000160. The van der Waals surface area contributed by atoms with Crippen LogP contribution in [0.25, 0.3) is 0 Å². The number of nitrogens with one attached hydrogen (secondary N) is 2. The molecule has 2 N–H and O–H groups in total. The Morgan fingerprint density at radius 3 is 2.43 bits per heavy atom. The second kappa shape index (κ2) is 12.3. The van der Waals surface area contributed by atoms with Crippen LogP contribution in [-0.4, -0.2) is 56.4 Å². The monoisotopic (exact) mass is 315 g/mol. The van der Waals surface area contributed by atoms with E-state index in [1.165, 1.54) is 64.6 Å². The lowest BCUT2D eigenvalue weighted by Crippen LogP contribution is -2.24. The third kappa shape index (κ3) is 8.69. The van der Waals surface area contributed by atoms with Gasteiger partial charge in [0.25, 0.3) is 0 Å². The van der Waals surface area contributed by atoms with Crippen molar-refractivity contribution in [1.29, 1.82) is 5.41 Å². The predicted octanol–water partition coefficient (Wildman–Crippen LogP) is 2.79. The molecule has 2 atom stereocenters. The molecule has 3 rings (SSSR count). The first kappa shape index (κ1) is 18.8. The Bertz CT molecular complexity index is 240. The average Bonchev–Trinajstić information content (AvgIpc) is 3.11. The molecule has 0 bridgehead atoms. The number of hydrogen-bond acceptors (Lipinski definition) is 5. The molecular formula is C16H33N3OS. The summed E-state index contributed by atoms with van der Waals surface area (Å²) >= 11 is 3.83. The molecule has 0 aromatic rings. The molecule has 0 aromatic carbocycles. The van der Waals surface area contributed by atoms with E-state index in [1.54, 1.807) is 0 Å². The molecule has 21 heavy (non-hydrogen) atoms. The molecule has 2 heterocycles. The predicted molar refractivity (Wildman–Crippen MR) is 93.7 cm³/mol. The second-order valence-electron chi connectivity index (χ2n) is 6.12. The summed E-state index contributed by atoms with van der Waals surface area (Å²) in [5.74, 6) is 1.74. The maximum atomic E-state index is 6.32. The summed E-state index contributed by atoms with van der Waals surface area (Å²) in [4.78, 5) is 2.39. The minimum atomic E-state index is 0.534. The zero-order chi connectivity index (χ0) is 15.3. The van der Waals surface area contributed by atoms with Gasteiger partial charge in [-0.25, -0.2) is 0 Å². The Hall–Kier alpha value is -0.260. The van der Waals surface area contributed by atoms with Crippen LogP contribution in [0.15, 0.2) is 0 Å². The molecule has 0 spiro atoms. The highest BCUT2D eigenvalue weighted by Gasteiger charge is 2.30. The molecule has 0 amide bonds. The van der Waals surface area contributed by atoms with E-state index in [0.717, 1.165) is 18.4 Å². The molecule has 0 radical (unpaired) electrons. The molecule has 0 aromatic heterocycles. The van der Waals surface area contributed by atoms with E-state index in [2.05, 4.69) is 34.6 Å². The van der Waals surface area contributed by atoms with Gasteiger partial charge in [-0.15, -0.1) is 0 Å². The van der Waals surface area contributed by atoms with E-state index in [1.807, 2.05) is 0 Å². The summed E-state index contributed by atoms with van der Waals surface area (Å²) in [6, 6.07) is 0.926. The van der Waals surface area contributed by atoms with Gasteiger partial charge in [0, 0.05) is 11.8 Å². The highest BCUT2D eigenvalue weighted by Crippen LogP contribution is 2.31. The first-order chi connectivity index (χ1) is 10.3. The summed E-state index contributed by atoms with van der Waals surface area (Å²) < 4.78 is 4.45. The van der Waals surface area contributed by atoms with Crippen LogP contribution in [0.5, 0.6) is 0 Å². The Morgan fingerprint density at radius 2 is 1.95 bits per heavy atom. The molecule has 2 aliphatic heterocycles. The van der Waals surface area contributed by atoms with E-state index in [-0.39, 0.29) is 0 Å². The highest BCUT2D eigenvalue weighted by molar-refractivity contribution is 7.80. The van der Waals surface area contributed by atoms with E-state index in [4.69, 9.17) is 5.41 Å². The van der Waals surface area contributed by atoms with E-state index in [9.17, 15) is 0 Å². The smallest absolute Gasteiger partial charge is 0.166 e. The first-order valence-electron chi connectivity index (χ1n) is 8.41. The second-order valence-corrected chi connectivity index (χ2v) is 6.56. The normalized spacial score (nSPS) is 27.7. The molecule has 3 fully saturated rings. The zero-order valence-electron chi connectivity index (χ0n) is 13.5. The maximum Gasteiger partial charge on any atom is 0.166 e. The Morgan fingerprint density at radius 1 is 1.19 bits per heavy atom. The van der Waals surface area contributed by atoms with Gasteiger partial charge in [0.2, 0.25) is 0 Å². The molecule has 5 heteroatoms. The maximum absolute atomic E-state index is 6.32. The van der Waals surface area contributed by atoms with Crippen LogP contribution in [0.2, 0.25) is 0 Å². The van der Waals surface area contributed by atoms with Crippen molar-refractivity contribution in [3.63, 3.8) is 0 Å². The van der Waals surface area contributed by atoms with Crippen molar-refractivity contribution in [3.8, 4) is 0 Å². The van der Waals surface area contributed by atoms with Gasteiger partial charge in [0.05, 0.1) is 6.61 Å². The van der Waals surface area contributed by atoms with Gasteiger partial charge in [-0.05, 0) is 64.7 Å². The molecule has 2 unspecified atom stereocenters. The van der Waals surface area contributed by atoms with E-state index >= 15 is 0 Å². The van der Waals surface area contributed by atoms with Gasteiger partial charge < -0.3 is 15.0 Å². The van der Waals surface area contributed by atoms with Crippen molar-refractivity contribution in [2.75, 3.05) is 39.0 Å². The standard InChI is InChI=1S/C7H13N.C6H13N.C3H7NOS/c1-2-6-4-5-8-7(6)3-1;1-7-5-3-2-4-6-7;4-3-5-1-2-6/h6-8H,1-5H2;2-6H2,1H3;3-4,6H,1-2H2. The molecule has 2 saturated heterocycles. The topological polar surface area (TPSA) is 48.4 Å². The van der Waals surface area contributed by atoms with Crippen LogP contribution in [-0.2, 0) is 4.74 Å². The molecule has 1 saturated carbocycles. The minimum absolute atomic E-state index is 0.534. The molecule has 1 aliphatic carbocycles. The SMILES string of the molecule is C1CC2CCNC2C1.CN1CCCCC1.N=COCCS. The van der Waals surface area contributed by atoms with Crippen molar-refractivity contribution < 1.29 is 4.74 Å². The number of nitrogens with zero attached hydrogens (tertiary/aromatic N) is 1. The van der Waals surface area contributed by atoms with Crippen LogP contribution in [0, 0.1) is 11.3 Å². The van der Waals surface area contributed by atoms with Gasteiger partial charge in [0.15, 0.2) is 6.40 Å². The van der Waals surface area contributed by atoms with Crippen LogP contribution in [0.4, 0.5) is 0 Å². The van der Waals surface area contributed by atoms with Crippen molar-refractivity contribution in [2.24, 2.45) is 5.92 Å². The van der Waals surface area contributed by atoms with Gasteiger partial charge in [-0.3, -0.25) is 5.41 Å². The first-order valence-corrected chi connectivity index (χ1v) is 9.04. The van der Waals surface area contributed by atoms with Gasteiger partial charge in [-0.1, -0.05) is 12.8 Å². The quantitative estimate of drug-likeness (QED) is 0.325. The van der Waals surface area contributed by atoms with Gasteiger partial charge in [-0.2, -0.15) is 12.6 Å². The number of hydrogen-bond donors (Lipinski definition) is 3. The fraction of sp³-hybridized carbons (Fsp3) is 0.938. The van der Waals surface area contributed by atoms with Crippen LogP contribution < -0.4 is 5.32 Å². The van der Waals surface area contributed by atoms with Crippen molar-refractivity contribution >= 4 is 19.0 Å². The summed E-state index contributed by atoms with van der Waals surface area (Å²) in [6.45, 7) is 4.46. The fourth-order valence-electron chi connectivity index (χ4n) is 3.27. The summed E-state index contributed by atoms with van der Waals surface area (Å²) in [5.41, 5.74) is 0. The van der Waals surface area contributed by atoms with Crippen molar-refractivity contribution in [1.82, 2.24) is 10.2 Å². The number of fused-ring (bicyclic) bond motifs is 1. The Labute approximate surface area is 135 Å². The van der Waals surface area contributed by atoms with Crippen molar-refractivity contribution in [2.45, 2.75) is 51.0 Å². The zero-order valence-corrected chi connectivity index (χ0v) is 14.4. The summed E-state index contributed by atoms with van der Waals surface area (Å²) in [6.07, 6.45) is 11.1. The third-order valence-corrected chi connectivity index (χ3v) is 4.64. The molecule has 124 valence electrons. The van der Waals surface area contributed by atoms with Crippen molar-refractivity contribution in [3.05, 3.63) is 0 Å². The fourth-order valence-corrected chi connectivity index (χ4v) is 3.37. The lowest BCUT2D eigenvalue weighted by molar-refractivity contribution is 0.277. The molecule has 3 aliphatic rings. The minimum Gasteiger partial charge on any atom is -0.483 e. The van der Waals surface area contributed by atoms with E-state index < -0.39 is 0 Å². The number of piperidine rings is 1.